The van der Waals surface area contributed by atoms with Gasteiger partial charge in [-0.05, 0) is 218 Å². The van der Waals surface area contributed by atoms with Crippen LogP contribution in [-0.4, -0.2) is 59.3 Å². The molecule has 0 aliphatic heterocycles. The summed E-state index contributed by atoms with van der Waals surface area (Å²) in [6, 6.07) is 108. The van der Waals surface area contributed by atoms with Crippen LogP contribution in [0.3, 0.4) is 0 Å². The molecule has 9 nitrogen and oxygen atoms in total. The van der Waals surface area contributed by atoms with E-state index in [1.165, 1.54) is 167 Å². The van der Waals surface area contributed by atoms with Crippen LogP contribution in [0.2, 0.25) is 0 Å². The first-order valence-corrected chi connectivity index (χ1v) is 57.3. The van der Waals surface area contributed by atoms with Crippen molar-refractivity contribution in [2.24, 2.45) is 0 Å². The van der Waals surface area contributed by atoms with Gasteiger partial charge in [0.05, 0.1) is 0 Å². The number of fused-ring (bicyclic) bond motifs is 21. The van der Waals surface area contributed by atoms with Gasteiger partial charge in [-0.1, -0.05) is 428 Å². The van der Waals surface area contributed by atoms with Crippen molar-refractivity contribution in [3.63, 3.8) is 0 Å². The first kappa shape index (κ1) is 129. The fraction of sp³-hybridized carbons (Fsp3) is 0.344. The summed E-state index contributed by atoms with van der Waals surface area (Å²) < 4.78 is 16.7. The van der Waals surface area contributed by atoms with E-state index in [0.717, 1.165) is 60.9 Å². The second kappa shape index (κ2) is 72.8. The normalized spacial score (nSPS) is 9.68. The third-order valence-corrected chi connectivity index (χ3v) is 22.6. The molecule has 14 aromatic carbocycles. The highest BCUT2D eigenvalue weighted by Gasteiger charge is 2.19. The standard InChI is InChI=1S/C28H24N2.C26H20N2.C14H14BNO2.C14H12IN.C14H13N.C2H5Br.C2H5I.14C2H6/c1-3-29-25-11-7-5-9-21(25)23-17-19(13-15-27(23)29)20-14-16-28-24(18-20)22-10-6-8-12-26(22)30(28)4-2;1-2-28-25-10-6-4-8-20(25)22-16-18(12-14-26(22)28)17-11-13-24-21(15-17)19-7-3-5-9-23(19)27-24;1-2-16-13-6-4-3-5-11(13)12-9-10(15(17)18)7-8-14(12)16;1-2-16-13-6-4-3-5-11(13)12-9-10(15)7-8-14(12)16;1-2-15-13-9-5-3-7-11(13)12-8-4-6-10-14(12)15;2*1-2-3;14*1-2/h5-18H,3-4H2,1-2H3;3-16,27H,2H2,1H3;3-9,17-18H,2H2,1H3;3-9H,2H2,1H3;3-10H,2H2,1H3;2*2H2,1H3;14*1-2H3. The summed E-state index contributed by atoms with van der Waals surface area (Å²) in [4.78, 5) is 3.52. The molecule has 0 aliphatic carbocycles. The third-order valence-electron chi connectivity index (χ3n) is 21.9. The van der Waals surface area contributed by atoms with Crippen LogP contribution in [0.4, 0.5) is 0 Å². The van der Waals surface area contributed by atoms with E-state index in [0.29, 0.717) is 5.46 Å². The molecule has 21 aromatic rings. The Labute approximate surface area is 888 Å². The minimum atomic E-state index is -1.42. The van der Waals surface area contributed by atoms with Crippen molar-refractivity contribution in [1.29, 1.82) is 0 Å². The molecular weight excluding hydrogens is 2010 g/mol. The molecule has 0 unspecified atom stereocenters. The fourth-order valence-corrected chi connectivity index (χ4v) is 17.5. The lowest BCUT2D eigenvalue weighted by Gasteiger charge is -2.06. The summed E-state index contributed by atoms with van der Waals surface area (Å²) >= 11 is 7.81. The molecule has 0 atom stereocenters. The van der Waals surface area contributed by atoms with Crippen LogP contribution in [0.15, 0.2) is 303 Å². The van der Waals surface area contributed by atoms with Gasteiger partial charge in [-0.3, -0.25) is 0 Å². The number of H-pyrrole nitrogens is 1. The van der Waals surface area contributed by atoms with E-state index >= 15 is 0 Å². The third kappa shape index (κ3) is 31.3. The van der Waals surface area contributed by atoms with Gasteiger partial charge < -0.3 is 42.4 Å². The van der Waals surface area contributed by atoms with Crippen LogP contribution >= 0.6 is 61.1 Å². The van der Waals surface area contributed by atoms with Crippen LogP contribution in [0.5, 0.6) is 0 Å². The molecule has 0 fully saturated rings. The zero-order chi connectivity index (χ0) is 106. The van der Waals surface area contributed by atoms with E-state index in [4.69, 9.17) is 0 Å². The molecule has 21 rings (SSSR count). The van der Waals surface area contributed by atoms with Gasteiger partial charge in [0.1, 0.15) is 0 Å². The minimum Gasteiger partial charge on any atom is -0.423 e. The fourth-order valence-electron chi connectivity index (χ4n) is 17.0. The molecule has 760 valence electrons. The van der Waals surface area contributed by atoms with Gasteiger partial charge in [0.25, 0.3) is 0 Å². The van der Waals surface area contributed by atoms with Crippen LogP contribution in [0, 0.1) is 3.57 Å². The predicted octanol–water partition coefficient (Wildman–Crippen LogP) is 41.7. The van der Waals surface area contributed by atoms with Gasteiger partial charge in [-0.25, -0.2) is 0 Å². The molecule has 7 heterocycles. The van der Waals surface area contributed by atoms with Gasteiger partial charge >= 0.3 is 7.12 Å². The second-order valence-corrected chi connectivity index (χ2v) is 32.0. The largest absolute Gasteiger partial charge is 0.488 e. The lowest BCUT2D eigenvalue weighted by molar-refractivity contribution is 0.426. The molecule has 0 radical (unpaired) electrons. The average molecular weight is 2190 g/mol. The van der Waals surface area contributed by atoms with Crippen molar-refractivity contribution in [3.05, 3.63) is 307 Å². The monoisotopic (exact) mass is 2190 g/mol. The molecule has 0 saturated heterocycles. The van der Waals surface area contributed by atoms with E-state index in [2.05, 4.69) is 415 Å². The highest BCUT2D eigenvalue weighted by molar-refractivity contribution is 14.1. The van der Waals surface area contributed by atoms with Gasteiger partial charge in [0, 0.05) is 201 Å². The summed E-state index contributed by atoms with van der Waals surface area (Å²) in [5.74, 6) is 0. The van der Waals surface area contributed by atoms with Crippen molar-refractivity contribution in [2.45, 2.75) is 289 Å². The molecule has 7 aromatic heterocycles. The summed E-state index contributed by atoms with van der Waals surface area (Å²) in [5.41, 5.74) is 23.5. The van der Waals surface area contributed by atoms with Crippen molar-refractivity contribution in [3.8, 4) is 22.3 Å². The number of hydrogen-bond donors (Lipinski definition) is 3. The zero-order valence-electron chi connectivity index (χ0n) is 93.3. The van der Waals surface area contributed by atoms with Crippen LogP contribution in [0.1, 0.15) is 249 Å². The van der Waals surface area contributed by atoms with Crippen molar-refractivity contribution in [1.82, 2.24) is 32.4 Å². The summed E-state index contributed by atoms with van der Waals surface area (Å²) in [5, 5.41) is 37.8. The summed E-state index contributed by atoms with van der Waals surface area (Å²) in [6.45, 7) is 79.2. The second-order valence-electron chi connectivity index (χ2n) is 28.1. The number of halogens is 3. The van der Waals surface area contributed by atoms with Crippen LogP contribution < -0.4 is 5.46 Å². The van der Waals surface area contributed by atoms with E-state index in [1.807, 2.05) is 225 Å². The number of benzene rings is 14. The molecule has 141 heavy (non-hydrogen) atoms. The SMILES string of the molecule is CC.CC.CC.CC.CC.CC.CC.CC.CC.CC.CC.CC.CC.CC.CCBr.CCI.CCn1c2ccccc2c2cc(-c3ccc4[nH]c5ccccc5c4c3)ccc21.CCn1c2ccccc2c2cc(-c3ccc4c(c3)c3ccccc3n4CC)ccc21.CCn1c2ccccc2c2cc(B(O)O)ccc21.CCn1c2ccccc2c2cc(I)ccc21.CCn1c2ccccc2c2ccccc21. The summed E-state index contributed by atoms with van der Waals surface area (Å²) in [7, 11) is -1.42. The number of aromatic nitrogens is 7. The smallest absolute Gasteiger partial charge is 0.423 e. The Kier molecular flexibility index (Phi) is 66.4. The molecule has 3 N–H and O–H groups in total. The van der Waals surface area contributed by atoms with E-state index < -0.39 is 7.12 Å². The maximum atomic E-state index is 9.27. The Balaban J connectivity index is 0.000000831. The Morgan fingerprint density at radius 2 is 0.397 bits per heavy atom. The first-order valence-electron chi connectivity index (χ1n) is 53.6. The van der Waals surface area contributed by atoms with Crippen molar-refractivity contribution >= 4 is 226 Å². The van der Waals surface area contributed by atoms with Crippen molar-refractivity contribution < 1.29 is 10.0 Å². The Bertz CT molecular complexity index is 6820. The molecule has 0 saturated carbocycles. The van der Waals surface area contributed by atoms with Gasteiger partial charge in [0.2, 0.25) is 0 Å². The molecule has 0 amide bonds. The van der Waals surface area contributed by atoms with Gasteiger partial charge in [-0.15, -0.1) is 0 Å². The van der Waals surface area contributed by atoms with Crippen LogP contribution in [-0.2, 0) is 39.3 Å². The van der Waals surface area contributed by atoms with E-state index in [1.54, 1.807) is 6.07 Å². The highest BCUT2D eigenvalue weighted by atomic mass is 127. The predicted molar refractivity (Wildman–Crippen MR) is 670 cm³/mol. The molecule has 13 heteroatoms. The van der Waals surface area contributed by atoms with Gasteiger partial charge in [0.15, 0.2) is 0 Å². The molecular formula is C128H177BBrI2N7O2. The maximum Gasteiger partial charge on any atom is 0.488 e. The Morgan fingerprint density at radius 1 is 0.220 bits per heavy atom. The number of aromatic amines is 1. The quantitative estimate of drug-likeness (QED) is 0.0764. The highest BCUT2D eigenvalue weighted by Crippen LogP contribution is 2.40. The number of aryl methyl sites for hydroxylation is 6. The maximum absolute atomic E-state index is 9.27. The van der Waals surface area contributed by atoms with Gasteiger partial charge in [-0.2, -0.15) is 0 Å². The minimum absolute atomic E-state index is 0.529. The lowest BCUT2D eigenvalue weighted by atomic mass is 9.80. The number of hydrogen-bond acceptors (Lipinski definition) is 2. The zero-order valence-corrected chi connectivity index (χ0v) is 99.2. The topological polar surface area (TPSA) is 85.8 Å². The number of nitrogens with one attached hydrogen (secondary N) is 1. The first-order chi connectivity index (χ1) is 69.4. The van der Waals surface area contributed by atoms with E-state index in [9.17, 15) is 10.0 Å². The lowest BCUT2D eigenvalue weighted by Crippen LogP contribution is -2.29. The molecule has 0 bridgehead atoms. The number of alkyl halides is 2. The number of para-hydroxylation sites is 8. The van der Waals surface area contributed by atoms with Crippen molar-refractivity contribution in [2.75, 3.05) is 9.76 Å². The van der Waals surface area contributed by atoms with E-state index in [-0.39, 0.29) is 0 Å². The molecule has 0 aliphatic rings. The van der Waals surface area contributed by atoms with Crippen LogP contribution in [0.25, 0.3) is 175 Å². The Hall–Kier alpha value is -10.4. The number of rotatable bonds is 9. The molecule has 0 spiro atoms. The summed E-state index contributed by atoms with van der Waals surface area (Å²) in [6.07, 6.45) is 0. The average Bonchev–Trinajstić information content (AvgIpc) is 1.60. The Morgan fingerprint density at radius 3 is 0.645 bits per heavy atom. The number of nitrogens with zero attached hydrogens (tertiary/aromatic N) is 6.